The molecule has 120 valence electrons. The lowest BCUT2D eigenvalue weighted by Gasteiger charge is -2.21. The molecule has 0 aliphatic heterocycles. The molecule has 2 aromatic heterocycles. The van der Waals surface area contributed by atoms with Crippen LogP contribution in [0.5, 0.6) is 0 Å². The summed E-state index contributed by atoms with van der Waals surface area (Å²) in [6.45, 7) is 0.370. The molecule has 3 aromatic rings. The van der Waals surface area contributed by atoms with Crippen molar-refractivity contribution in [1.29, 1.82) is 0 Å². The number of sulfonamides is 1. The molecule has 0 atom stereocenters. The van der Waals surface area contributed by atoms with Gasteiger partial charge in [-0.1, -0.05) is 6.07 Å². The van der Waals surface area contributed by atoms with Crippen LogP contribution in [0.2, 0.25) is 0 Å². The van der Waals surface area contributed by atoms with Gasteiger partial charge >= 0.3 is 0 Å². The number of thiophene rings is 1. The lowest BCUT2D eigenvalue weighted by Crippen LogP contribution is -2.26. The van der Waals surface area contributed by atoms with E-state index >= 15 is 0 Å². The Bertz CT molecular complexity index is 886. The number of benzene rings is 1. The summed E-state index contributed by atoms with van der Waals surface area (Å²) in [5.41, 5.74) is 7.84. The van der Waals surface area contributed by atoms with Gasteiger partial charge in [0.25, 0.3) is 10.0 Å². The number of anilines is 1. The van der Waals surface area contributed by atoms with Crippen LogP contribution in [-0.2, 0) is 16.6 Å². The van der Waals surface area contributed by atoms with Gasteiger partial charge < -0.3 is 10.2 Å². The van der Waals surface area contributed by atoms with Crippen molar-refractivity contribution in [2.24, 2.45) is 5.73 Å². The first-order valence-corrected chi connectivity index (χ1v) is 9.30. The predicted octanol–water partition coefficient (Wildman–Crippen LogP) is 3.29. The maximum atomic E-state index is 12.7. The van der Waals surface area contributed by atoms with Crippen molar-refractivity contribution < 1.29 is 12.8 Å². The molecule has 0 saturated carbocycles. The molecule has 0 spiro atoms. The standard InChI is InChI=1S/C16H16N2O3S2/c1-18(23(19,20)13-6-8-22-11-13)15-5-4-12(10-17)9-14(15)16-3-2-7-21-16/h2-9,11H,10,17H2,1H3. The zero-order valence-corrected chi connectivity index (χ0v) is 14.1. The van der Waals surface area contributed by atoms with E-state index < -0.39 is 10.0 Å². The van der Waals surface area contributed by atoms with Crippen LogP contribution in [0.3, 0.4) is 0 Å². The SMILES string of the molecule is CN(c1ccc(CN)cc1-c1ccco1)S(=O)(=O)c1ccsc1. The zero-order chi connectivity index (χ0) is 16.4. The summed E-state index contributed by atoms with van der Waals surface area (Å²) in [5.74, 6) is 0.600. The van der Waals surface area contributed by atoms with Gasteiger partial charge in [0.15, 0.2) is 0 Å². The van der Waals surface area contributed by atoms with Crippen LogP contribution in [0.4, 0.5) is 5.69 Å². The molecular formula is C16H16N2O3S2. The molecule has 5 nitrogen and oxygen atoms in total. The first-order chi connectivity index (χ1) is 11.0. The second-order valence-corrected chi connectivity index (χ2v) is 7.71. The quantitative estimate of drug-likeness (QED) is 0.767. The van der Waals surface area contributed by atoms with E-state index in [4.69, 9.17) is 10.2 Å². The minimum atomic E-state index is -3.61. The topological polar surface area (TPSA) is 76.5 Å². The fourth-order valence-corrected chi connectivity index (χ4v) is 4.53. The first kappa shape index (κ1) is 15.8. The molecule has 3 rings (SSSR count). The van der Waals surface area contributed by atoms with Gasteiger partial charge in [-0.3, -0.25) is 4.31 Å². The van der Waals surface area contributed by atoms with E-state index in [-0.39, 0.29) is 4.90 Å². The largest absolute Gasteiger partial charge is 0.464 e. The van der Waals surface area contributed by atoms with Crippen molar-refractivity contribution in [2.75, 3.05) is 11.4 Å². The van der Waals surface area contributed by atoms with E-state index in [1.54, 1.807) is 41.3 Å². The molecular weight excluding hydrogens is 332 g/mol. The summed E-state index contributed by atoms with van der Waals surface area (Å²) in [6.07, 6.45) is 1.56. The Hall–Kier alpha value is -2.09. The van der Waals surface area contributed by atoms with Gasteiger partial charge in [0.05, 0.1) is 16.8 Å². The molecule has 0 aliphatic rings. The van der Waals surface area contributed by atoms with E-state index in [1.165, 1.54) is 22.7 Å². The Morgan fingerprint density at radius 1 is 1.26 bits per heavy atom. The molecule has 23 heavy (non-hydrogen) atoms. The minimum absolute atomic E-state index is 0.276. The number of nitrogens with two attached hydrogens (primary N) is 1. The fourth-order valence-electron chi connectivity index (χ4n) is 2.30. The van der Waals surface area contributed by atoms with Crippen LogP contribution in [-0.4, -0.2) is 15.5 Å². The Morgan fingerprint density at radius 2 is 2.09 bits per heavy atom. The van der Waals surface area contributed by atoms with Crippen LogP contribution >= 0.6 is 11.3 Å². The number of rotatable bonds is 5. The highest BCUT2D eigenvalue weighted by atomic mass is 32.2. The van der Waals surface area contributed by atoms with Gasteiger partial charge in [0.2, 0.25) is 0 Å². The summed E-state index contributed by atoms with van der Waals surface area (Å²) in [5, 5.41) is 3.36. The normalized spacial score (nSPS) is 11.6. The molecule has 0 aliphatic carbocycles. The Kier molecular flexibility index (Phi) is 4.25. The summed E-state index contributed by atoms with van der Waals surface area (Å²) in [4.78, 5) is 0.276. The molecule has 0 amide bonds. The van der Waals surface area contributed by atoms with E-state index in [0.29, 0.717) is 23.6 Å². The zero-order valence-electron chi connectivity index (χ0n) is 12.5. The summed E-state index contributed by atoms with van der Waals surface area (Å²) in [6, 6.07) is 10.6. The molecule has 2 N–H and O–H groups in total. The Balaban J connectivity index is 2.13. The van der Waals surface area contributed by atoms with Crippen molar-refractivity contribution in [2.45, 2.75) is 11.4 Å². The second kappa shape index (κ2) is 6.19. The number of hydrogen-bond donors (Lipinski definition) is 1. The number of furan rings is 1. The van der Waals surface area contributed by atoms with Gasteiger partial charge in [-0.15, -0.1) is 0 Å². The predicted molar refractivity (Wildman–Crippen MR) is 91.9 cm³/mol. The van der Waals surface area contributed by atoms with E-state index in [0.717, 1.165) is 5.56 Å². The van der Waals surface area contributed by atoms with Crippen molar-refractivity contribution in [1.82, 2.24) is 0 Å². The summed E-state index contributed by atoms with van der Waals surface area (Å²) >= 11 is 1.35. The third-order valence-electron chi connectivity index (χ3n) is 3.58. The van der Waals surface area contributed by atoms with Crippen molar-refractivity contribution in [3.63, 3.8) is 0 Å². The molecule has 0 fully saturated rings. The molecule has 0 unspecified atom stereocenters. The fraction of sp³-hybridized carbons (Fsp3) is 0.125. The first-order valence-electron chi connectivity index (χ1n) is 6.92. The van der Waals surface area contributed by atoms with Crippen LogP contribution in [0.15, 0.2) is 62.7 Å². The number of hydrogen-bond acceptors (Lipinski definition) is 5. The highest BCUT2D eigenvalue weighted by molar-refractivity contribution is 7.93. The maximum absolute atomic E-state index is 12.7. The van der Waals surface area contributed by atoms with E-state index in [9.17, 15) is 8.42 Å². The lowest BCUT2D eigenvalue weighted by atomic mass is 10.1. The Labute approximate surface area is 139 Å². The van der Waals surface area contributed by atoms with E-state index in [1.807, 2.05) is 12.1 Å². The number of nitrogens with zero attached hydrogens (tertiary/aromatic N) is 1. The molecule has 0 saturated heterocycles. The highest BCUT2D eigenvalue weighted by Gasteiger charge is 2.24. The van der Waals surface area contributed by atoms with Crippen LogP contribution in [0, 0.1) is 0 Å². The molecule has 2 heterocycles. The second-order valence-electron chi connectivity index (χ2n) is 4.96. The summed E-state index contributed by atoms with van der Waals surface area (Å²) in [7, 11) is -2.07. The van der Waals surface area contributed by atoms with Crippen molar-refractivity contribution in [3.05, 3.63) is 59.0 Å². The molecule has 0 radical (unpaired) electrons. The maximum Gasteiger partial charge on any atom is 0.264 e. The highest BCUT2D eigenvalue weighted by Crippen LogP contribution is 2.34. The van der Waals surface area contributed by atoms with Crippen molar-refractivity contribution in [3.8, 4) is 11.3 Å². The third-order valence-corrected chi connectivity index (χ3v) is 6.18. The third kappa shape index (κ3) is 2.90. The van der Waals surface area contributed by atoms with Gasteiger partial charge in [-0.2, -0.15) is 11.3 Å². The Morgan fingerprint density at radius 3 is 2.70 bits per heavy atom. The van der Waals surface area contributed by atoms with Crippen LogP contribution in [0.1, 0.15) is 5.56 Å². The van der Waals surface area contributed by atoms with Crippen molar-refractivity contribution >= 4 is 27.0 Å². The lowest BCUT2D eigenvalue weighted by molar-refractivity contribution is 0.582. The van der Waals surface area contributed by atoms with Gasteiger partial charge in [-0.05, 0) is 41.3 Å². The summed E-state index contributed by atoms with van der Waals surface area (Å²) < 4.78 is 32.2. The van der Waals surface area contributed by atoms with Gasteiger partial charge in [-0.25, -0.2) is 8.42 Å². The average molecular weight is 348 g/mol. The molecule has 0 bridgehead atoms. The van der Waals surface area contributed by atoms with Gasteiger partial charge in [0, 0.05) is 24.5 Å². The van der Waals surface area contributed by atoms with Crippen LogP contribution in [0.25, 0.3) is 11.3 Å². The van der Waals surface area contributed by atoms with Gasteiger partial charge in [0.1, 0.15) is 5.76 Å². The molecule has 1 aromatic carbocycles. The molecule has 7 heteroatoms. The van der Waals surface area contributed by atoms with Crippen LogP contribution < -0.4 is 10.0 Å². The minimum Gasteiger partial charge on any atom is -0.464 e. The smallest absolute Gasteiger partial charge is 0.264 e. The monoisotopic (exact) mass is 348 g/mol. The van der Waals surface area contributed by atoms with E-state index in [2.05, 4.69) is 0 Å². The average Bonchev–Trinajstić information content (AvgIpc) is 3.26.